The van der Waals surface area contributed by atoms with Crippen LogP contribution in [0.1, 0.15) is 43.3 Å². The van der Waals surface area contributed by atoms with Crippen molar-refractivity contribution in [3.63, 3.8) is 0 Å². The Balaban J connectivity index is 2.40. The van der Waals surface area contributed by atoms with Crippen LogP contribution in [0.2, 0.25) is 0 Å². The molecule has 1 aliphatic carbocycles. The summed E-state index contributed by atoms with van der Waals surface area (Å²) in [6, 6.07) is 2.07. The number of nitrogens with two attached hydrogens (primary N) is 1. The fourth-order valence-corrected chi connectivity index (χ4v) is 1.96. The molecule has 0 saturated carbocycles. The lowest BCUT2D eigenvalue weighted by atomic mass is 10.0. The average molecular weight is 195 g/mol. The summed E-state index contributed by atoms with van der Waals surface area (Å²) in [4.78, 5) is 0. The number of hydrogen-bond acceptors (Lipinski definition) is 3. The fraction of sp³-hybridized carbons (Fsp3) is 0.636. The Morgan fingerprint density at radius 1 is 1.64 bits per heavy atom. The van der Waals surface area contributed by atoms with E-state index in [0.29, 0.717) is 5.92 Å². The van der Waals surface area contributed by atoms with Gasteiger partial charge in [-0.2, -0.15) is 0 Å². The number of aryl methyl sites for hydroxylation is 1. The van der Waals surface area contributed by atoms with Gasteiger partial charge in [-0.1, -0.05) is 13.8 Å². The molecule has 0 aliphatic heterocycles. The third-order valence-electron chi connectivity index (χ3n) is 2.97. The van der Waals surface area contributed by atoms with Crippen molar-refractivity contribution >= 4 is 0 Å². The quantitative estimate of drug-likeness (QED) is 0.751. The first-order valence-corrected chi connectivity index (χ1v) is 5.09. The highest BCUT2D eigenvalue weighted by atomic mass is 16.3. The summed E-state index contributed by atoms with van der Waals surface area (Å²) < 4.78 is 5.71. The molecule has 0 spiro atoms. The van der Waals surface area contributed by atoms with Crippen LogP contribution in [0.4, 0.5) is 0 Å². The van der Waals surface area contributed by atoms with E-state index in [4.69, 9.17) is 10.2 Å². The van der Waals surface area contributed by atoms with E-state index in [2.05, 4.69) is 19.9 Å². The zero-order chi connectivity index (χ0) is 10.3. The van der Waals surface area contributed by atoms with Gasteiger partial charge in [-0.05, 0) is 24.5 Å². The van der Waals surface area contributed by atoms with Crippen molar-refractivity contribution in [1.29, 1.82) is 0 Å². The maximum Gasteiger partial charge on any atom is 0.129 e. The molecule has 1 atom stereocenters. The van der Waals surface area contributed by atoms with Gasteiger partial charge in [0.15, 0.2) is 0 Å². The maximum absolute atomic E-state index is 9.23. The van der Waals surface area contributed by atoms with Gasteiger partial charge in [-0.15, -0.1) is 0 Å². The average Bonchev–Trinajstić information content (AvgIpc) is 2.68. The molecule has 3 N–H and O–H groups in total. The van der Waals surface area contributed by atoms with Gasteiger partial charge >= 0.3 is 0 Å². The molecule has 78 valence electrons. The van der Waals surface area contributed by atoms with Crippen molar-refractivity contribution in [2.45, 2.75) is 38.1 Å². The highest BCUT2D eigenvalue weighted by Gasteiger charge is 2.38. The molecule has 0 amide bonds. The largest absolute Gasteiger partial charge is 0.463 e. The summed E-state index contributed by atoms with van der Waals surface area (Å²) in [5.41, 5.74) is 6.57. The number of aliphatic hydroxyl groups excluding tert-OH is 1. The first-order valence-electron chi connectivity index (χ1n) is 5.09. The van der Waals surface area contributed by atoms with Crippen molar-refractivity contribution in [2.24, 2.45) is 5.73 Å². The number of fused-ring (bicyclic) bond motifs is 1. The molecule has 0 radical (unpaired) electrons. The van der Waals surface area contributed by atoms with Crippen LogP contribution in [0.5, 0.6) is 0 Å². The van der Waals surface area contributed by atoms with Gasteiger partial charge in [0, 0.05) is 5.92 Å². The molecule has 0 fully saturated rings. The third-order valence-corrected chi connectivity index (χ3v) is 2.97. The smallest absolute Gasteiger partial charge is 0.129 e. The molecule has 1 heterocycles. The van der Waals surface area contributed by atoms with Crippen molar-refractivity contribution in [3.05, 3.63) is 23.2 Å². The molecule has 3 heteroatoms. The lowest BCUT2D eigenvalue weighted by molar-refractivity contribution is 0.174. The number of rotatable bonds is 2. The van der Waals surface area contributed by atoms with Crippen LogP contribution in [0.15, 0.2) is 10.5 Å². The summed E-state index contributed by atoms with van der Waals surface area (Å²) in [6.45, 7) is 4.14. The Hall–Kier alpha value is -0.800. The van der Waals surface area contributed by atoms with E-state index in [0.717, 1.165) is 24.4 Å². The van der Waals surface area contributed by atoms with E-state index in [1.54, 1.807) is 0 Å². The van der Waals surface area contributed by atoms with Crippen LogP contribution in [-0.2, 0) is 12.0 Å². The lowest BCUT2D eigenvalue weighted by Crippen LogP contribution is -2.37. The van der Waals surface area contributed by atoms with Gasteiger partial charge in [0.1, 0.15) is 11.5 Å². The minimum absolute atomic E-state index is 0.0367. The fourth-order valence-electron chi connectivity index (χ4n) is 1.96. The molecular formula is C11H17NO2. The van der Waals surface area contributed by atoms with Crippen molar-refractivity contribution in [1.82, 2.24) is 0 Å². The van der Waals surface area contributed by atoms with Crippen molar-refractivity contribution in [2.75, 3.05) is 6.61 Å². The van der Waals surface area contributed by atoms with E-state index in [1.807, 2.05) is 0 Å². The molecule has 0 saturated heterocycles. The maximum atomic E-state index is 9.23. The van der Waals surface area contributed by atoms with Crippen LogP contribution in [-0.4, -0.2) is 11.7 Å². The Morgan fingerprint density at radius 2 is 2.36 bits per heavy atom. The molecule has 0 aromatic carbocycles. The molecule has 0 bridgehead atoms. The normalized spacial score (nSPS) is 25.8. The zero-order valence-electron chi connectivity index (χ0n) is 8.71. The van der Waals surface area contributed by atoms with Crippen molar-refractivity contribution in [3.8, 4) is 0 Å². The third kappa shape index (κ3) is 1.28. The molecule has 1 aromatic heterocycles. The summed E-state index contributed by atoms with van der Waals surface area (Å²) in [5.74, 6) is 2.14. The van der Waals surface area contributed by atoms with Gasteiger partial charge in [-0.25, -0.2) is 0 Å². The number of furan rings is 1. The van der Waals surface area contributed by atoms with Crippen LogP contribution >= 0.6 is 0 Å². The van der Waals surface area contributed by atoms with Gasteiger partial charge in [0.25, 0.3) is 0 Å². The van der Waals surface area contributed by atoms with Gasteiger partial charge < -0.3 is 15.3 Å². The molecule has 14 heavy (non-hydrogen) atoms. The molecule has 2 rings (SSSR count). The molecule has 3 nitrogen and oxygen atoms in total. The number of hydrogen-bond donors (Lipinski definition) is 2. The highest BCUT2D eigenvalue weighted by Crippen LogP contribution is 2.38. The summed E-state index contributed by atoms with van der Waals surface area (Å²) >= 11 is 0. The predicted molar refractivity (Wildman–Crippen MR) is 54.1 cm³/mol. The van der Waals surface area contributed by atoms with E-state index in [9.17, 15) is 5.11 Å². The van der Waals surface area contributed by atoms with E-state index >= 15 is 0 Å². The van der Waals surface area contributed by atoms with Gasteiger partial charge in [0.2, 0.25) is 0 Å². The zero-order valence-corrected chi connectivity index (χ0v) is 8.71. The summed E-state index contributed by atoms with van der Waals surface area (Å²) in [5, 5.41) is 9.23. The molecule has 1 aliphatic rings. The second kappa shape index (κ2) is 3.11. The standard InChI is InChI=1S/C11H17NO2/c1-7(2)9-5-8-3-4-11(12,6-13)10(8)14-9/h5,7,13H,3-4,6,12H2,1-2H3. The monoisotopic (exact) mass is 195 g/mol. The Labute approximate surface area is 83.9 Å². The van der Waals surface area contributed by atoms with Gasteiger partial charge in [0.05, 0.1) is 12.1 Å². The van der Waals surface area contributed by atoms with Crippen LogP contribution < -0.4 is 5.73 Å². The van der Waals surface area contributed by atoms with E-state index in [-0.39, 0.29) is 6.61 Å². The summed E-state index contributed by atoms with van der Waals surface area (Å²) in [6.07, 6.45) is 1.71. The minimum atomic E-state index is -0.636. The molecule has 1 aromatic rings. The second-order valence-electron chi connectivity index (χ2n) is 4.47. The first-order chi connectivity index (χ1) is 6.57. The van der Waals surface area contributed by atoms with Gasteiger partial charge in [-0.3, -0.25) is 0 Å². The van der Waals surface area contributed by atoms with E-state index < -0.39 is 5.54 Å². The first kappa shape index (κ1) is 9.74. The van der Waals surface area contributed by atoms with Crippen LogP contribution in [0.3, 0.4) is 0 Å². The minimum Gasteiger partial charge on any atom is -0.463 e. The second-order valence-corrected chi connectivity index (χ2v) is 4.47. The topological polar surface area (TPSA) is 59.4 Å². The Bertz CT molecular complexity index is 343. The Kier molecular flexibility index (Phi) is 2.16. The molecular weight excluding hydrogens is 178 g/mol. The highest BCUT2D eigenvalue weighted by molar-refractivity contribution is 5.33. The Morgan fingerprint density at radius 3 is 2.93 bits per heavy atom. The van der Waals surface area contributed by atoms with Crippen LogP contribution in [0, 0.1) is 0 Å². The van der Waals surface area contributed by atoms with Crippen LogP contribution in [0.25, 0.3) is 0 Å². The SMILES string of the molecule is CC(C)c1cc2c(o1)C(N)(CO)CC2. The number of aliphatic hydroxyl groups is 1. The van der Waals surface area contributed by atoms with Crippen molar-refractivity contribution < 1.29 is 9.52 Å². The predicted octanol–water partition coefficient (Wildman–Crippen LogP) is 1.50. The van der Waals surface area contributed by atoms with E-state index in [1.165, 1.54) is 5.56 Å². The lowest BCUT2D eigenvalue weighted by Gasteiger charge is -2.19. The molecule has 1 unspecified atom stereocenters. The summed E-state index contributed by atoms with van der Waals surface area (Å²) in [7, 11) is 0.